The molecule has 0 radical (unpaired) electrons. The number of hydrogen-bond acceptors (Lipinski definition) is 3. The minimum atomic E-state index is -2.46. The third-order valence-corrected chi connectivity index (χ3v) is 10.9. The van der Waals surface area contributed by atoms with Gasteiger partial charge in [-0.25, -0.2) is 0 Å². The van der Waals surface area contributed by atoms with Gasteiger partial charge in [-0.05, 0) is 46.8 Å². The molecule has 0 aliphatic carbocycles. The number of aliphatic hydroxyl groups is 1. The van der Waals surface area contributed by atoms with E-state index in [4.69, 9.17) is 13.9 Å². The third-order valence-electron chi connectivity index (χ3n) is 5.85. The average Bonchev–Trinajstić information content (AvgIpc) is 3.22. The van der Waals surface area contributed by atoms with Gasteiger partial charge in [0.15, 0.2) is 0 Å². The second-order valence-electron chi connectivity index (χ2n) is 9.16. The molecule has 0 spiro atoms. The van der Waals surface area contributed by atoms with Gasteiger partial charge in [0.05, 0.1) is 0 Å². The first-order valence-electron chi connectivity index (χ1n) is 11.4. The number of rotatable bonds is 11. The van der Waals surface area contributed by atoms with Crippen molar-refractivity contribution in [2.45, 2.75) is 57.9 Å². The lowest BCUT2D eigenvalue weighted by molar-refractivity contribution is 0.281. The summed E-state index contributed by atoms with van der Waals surface area (Å²) in [6, 6.07) is 25.7. The summed E-state index contributed by atoms with van der Waals surface area (Å²) in [6.45, 7) is 7.88. The highest BCUT2D eigenvalue weighted by atomic mass is 28.4. The minimum Gasteiger partial charge on any atom is -0.466 e. The van der Waals surface area contributed by atoms with Crippen molar-refractivity contribution in [1.29, 1.82) is 0 Å². The van der Waals surface area contributed by atoms with Crippen molar-refractivity contribution >= 4 is 18.7 Å². The van der Waals surface area contributed by atoms with E-state index in [1.807, 2.05) is 0 Å². The van der Waals surface area contributed by atoms with Crippen LogP contribution in [0.15, 0.2) is 77.2 Å². The second-order valence-corrected chi connectivity index (χ2v) is 13.5. The standard InChI is InChI=1S/C27H36O3Si/c1-27(2,3)31(25-15-6-4-7-16-25,26-17-8-5-9-18-26)29-22-12-14-24-20-19-23(30-24)13-10-11-21-28/h4-9,15-20,28H,10-14,21-22H2,1-3H3. The van der Waals surface area contributed by atoms with Crippen LogP contribution < -0.4 is 10.4 Å². The second kappa shape index (κ2) is 10.9. The maximum absolute atomic E-state index is 8.94. The molecule has 31 heavy (non-hydrogen) atoms. The van der Waals surface area contributed by atoms with E-state index in [0.717, 1.165) is 43.6 Å². The molecule has 0 bridgehead atoms. The molecule has 0 fully saturated rings. The smallest absolute Gasteiger partial charge is 0.261 e. The van der Waals surface area contributed by atoms with E-state index >= 15 is 0 Å². The summed E-state index contributed by atoms with van der Waals surface area (Å²) in [7, 11) is -2.46. The van der Waals surface area contributed by atoms with Gasteiger partial charge >= 0.3 is 0 Å². The van der Waals surface area contributed by atoms with Gasteiger partial charge in [0.1, 0.15) is 11.5 Å². The highest BCUT2D eigenvalue weighted by molar-refractivity contribution is 6.99. The normalized spacial score (nSPS) is 12.3. The Labute approximate surface area is 188 Å². The Hall–Kier alpha value is -2.14. The first-order valence-corrected chi connectivity index (χ1v) is 13.3. The van der Waals surface area contributed by atoms with Crippen molar-refractivity contribution in [2.75, 3.05) is 13.2 Å². The van der Waals surface area contributed by atoms with Crippen LogP contribution in [0.1, 0.15) is 51.6 Å². The number of unbranched alkanes of at least 4 members (excludes halogenated alkanes) is 1. The molecule has 0 unspecified atom stereocenters. The van der Waals surface area contributed by atoms with Gasteiger partial charge in [0.2, 0.25) is 0 Å². The lowest BCUT2D eigenvalue weighted by Crippen LogP contribution is -2.66. The molecule has 0 saturated carbocycles. The predicted octanol–water partition coefficient (Wildman–Crippen LogP) is 5.10. The van der Waals surface area contributed by atoms with E-state index in [9.17, 15) is 0 Å². The molecule has 0 atom stereocenters. The van der Waals surface area contributed by atoms with Crippen LogP contribution in [0.5, 0.6) is 0 Å². The van der Waals surface area contributed by atoms with Crippen LogP contribution in [0.4, 0.5) is 0 Å². The molecule has 4 heteroatoms. The molecule has 3 aromatic rings. The first-order chi connectivity index (χ1) is 15.0. The fraction of sp³-hybridized carbons (Fsp3) is 0.407. The summed E-state index contributed by atoms with van der Waals surface area (Å²) in [5.41, 5.74) is 0. The van der Waals surface area contributed by atoms with E-state index < -0.39 is 8.32 Å². The number of hydrogen-bond donors (Lipinski definition) is 1. The summed E-state index contributed by atoms with van der Waals surface area (Å²) >= 11 is 0. The molecule has 1 N–H and O–H groups in total. The third kappa shape index (κ3) is 5.76. The number of furan rings is 1. The first kappa shape index (κ1) is 23.5. The molecule has 2 aromatic carbocycles. The van der Waals surface area contributed by atoms with Crippen LogP contribution >= 0.6 is 0 Å². The fourth-order valence-corrected chi connectivity index (χ4v) is 8.94. The van der Waals surface area contributed by atoms with Crippen LogP contribution in [-0.2, 0) is 17.3 Å². The average molecular weight is 437 g/mol. The molecule has 0 amide bonds. The zero-order valence-corrected chi connectivity index (χ0v) is 20.1. The number of aliphatic hydroxyl groups excluding tert-OH is 1. The molecule has 3 nitrogen and oxygen atoms in total. The number of benzene rings is 2. The van der Waals surface area contributed by atoms with Crippen molar-refractivity contribution < 1.29 is 13.9 Å². The van der Waals surface area contributed by atoms with E-state index in [2.05, 4.69) is 93.6 Å². The predicted molar refractivity (Wildman–Crippen MR) is 131 cm³/mol. The number of aryl methyl sites for hydroxylation is 2. The monoisotopic (exact) mass is 436 g/mol. The van der Waals surface area contributed by atoms with Gasteiger partial charge in [-0.1, -0.05) is 81.4 Å². The summed E-state index contributed by atoms with van der Waals surface area (Å²) < 4.78 is 12.9. The van der Waals surface area contributed by atoms with Gasteiger partial charge in [0, 0.05) is 26.1 Å². The highest BCUT2D eigenvalue weighted by Gasteiger charge is 2.49. The van der Waals surface area contributed by atoms with Gasteiger partial charge in [-0.15, -0.1) is 0 Å². The molecular formula is C27H36O3Si. The largest absolute Gasteiger partial charge is 0.466 e. The summed E-state index contributed by atoms with van der Waals surface area (Å²) in [5.74, 6) is 2.03. The van der Waals surface area contributed by atoms with E-state index in [0.29, 0.717) is 6.61 Å². The van der Waals surface area contributed by atoms with Crippen LogP contribution in [0, 0.1) is 0 Å². The molecular weight excluding hydrogens is 400 g/mol. The van der Waals surface area contributed by atoms with Crippen LogP contribution in [0.2, 0.25) is 5.04 Å². The van der Waals surface area contributed by atoms with Crippen molar-refractivity contribution in [2.24, 2.45) is 0 Å². The zero-order valence-electron chi connectivity index (χ0n) is 19.1. The molecule has 1 heterocycles. The summed E-state index contributed by atoms with van der Waals surface area (Å²) in [6.07, 6.45) is 4.47. The molecule has 1 aromatic heterocycles. The Kier molecular flexibility index (Phi) is 8.30. The van der Waals surface area contributed by atoms with Crippen molar-refractivity contribution in [1.82, 2.24) is 0 Å². The quantitative estimate of drug-likeness (QED) is 0.336. The van der Waals surface area contributed by atoms with Crippen LogP contribution in [0.25, 0.3) is 0 Å². The van der Waals surface area contributed by atoms with Gasteiger partial charge < -0.3 is 13.9 Å². The Morgan fingerprint density at radius 1 is 0.742 bits per heavy atom. The molecule has 166 valence electrons. The lowest BCUT2D eigenvalue weighted by atomic mass is 10.2. The van der Waals surface area contributed by atoms with E-state index in [-0.39, 0.29) is 11.6 Å². The molecule has 3 rings (SSSR count). The van der Waals surface area contributed by atoms with Gasteiger partial charge in [-0.2, -0.15) is 0 Å². The summed E-state index contributed by atoms with van der Waals surface area (Å²) in [5, 5.41) is 11.6. The minimum absolute atomic E-state index is 0.000262. The van der Waals surface area contributed by atoms with Gasteiger partial charge in [0.25, 0.3) is 8.32 Å². The summed E-state index contributed by atoms with van der Waals surface area (Å²) in [4.78, 5) is 0. The Balaban J connectivity index is 1.73. The Morgan fingerprint density at radius 3 is 1.74 bits per heavy atom. The highest BCUT2D eigenvalue weighted by Crippen LogP contribution is 2.36. The Morgan fingerprint density at radius 2 is 1.26 bits per heavy atom. The lowest BCUT2D eigenvalue weighted by Gasteiger charge is -2.43. The van der Waals surface area contributed by atoms with Crippen molar-refractivity contribution in [3.8, 4) is 0 Å². The molecule has 0 saturated heterocycles. The topological polar surface area (TPSA) is 42.6 Å². The van der Waals surface area contributed by atoms with E-state index in [1.54, 1.807) is 0 Å². The van der Waals surface area contributed by atoms with Crippen LogP contribution in [0.3, 0.4) is 0 Å². The molecule has 0 aliphatic rings. The van der Waals surface area contributed by atoms with Crippen LogP contribution in [-0.4, -0.2) is 26.6 Å². The fourth-order valence-electron chi connectivity index (χ4n) is 4.34. The molecule has 0 aliphatic heterocycles. The van der Waals surface area contributed by atoms with Gasteiger partial charge in [-0.3, -0.25) is 0 Å². The maximum atomic E-state index is 8.94. The van der Waals surface area contributed by atoms with Crippen molar-refractivity contribution in [3.05, 3.63) is 84.3 Å². The zero-order chi connectivity index (χ0) is 22.2. The SMILES string of the molecule is CC(C)(C)[Si](OCCCc1ccc(CCCCO)o1)(c1ccccc1)c1ccccc1. The Bertz CT molecular complexity index is 857. The maximum Gasteiger partial charge on any atom is 0.261 e. The van der Waals surface area contributed by atoms with E-state index in [1.165, 1.54) is 10.4 Å². The van der Waals surface area contributed by atoms with Crippen molar-refractivity contribution in [3.63, 3.8) is 0 Å².